The van der Waals surface area contributed by atoms with Gasteiger partial charge in [-0.05, 0) is 34.5 Å². The molecule has 2 aromatic heterocycles. The maximum atomic E-state index is 12.3. The minimum atomic E-state index is -0.00139. The Morgan fingerprint density at radius 3 is 2.88 bits per heavy atom. The Hall–Kier alpha value is -2.03. The van der Waals surface area contributed by atoms with Gasteiger partial charge < -0.3 is 10.7 Å². The highest BCUT2D eigenvalue weighted by Gasteiger charge is 2.17. The number of benzene rings is 1. The summed E-state index contributed by atoms with van der Waals surface area (Å²) in [6.45, 7) is 0.586. The molecule has 25 heavy (non-hydrogen) atoms. The number of carbonyl (C=O) groups is 1. The highest BCUT2D eigenvalue weighted by molar-refractivity contribution is 7.99. The molecular weight excluding hydrogens is 378 g/mol. The van der Waals surface area contributed by atoms with Crippen molar-refractivity contribution in [2.24, 2.45) is 0 Å². The zero-order chi connectivity index (χ0) is 17.8. The average molecular weight is 394 g/mol. The third-order valence-electron chi connectivity index (χ3n) is 3.53. The Bertz CT molecular complexity index is 865. The number of thiophene rings is 1. The Morgan fingerprint density at radius 1 is 1.36 bits per heavy atom. The topological polar surface area (TPSA) is 77.0 Å². The van der Waals surface area contributed by atoms with E-state index in [4.69, 9.17) is 17.4 Å². The third-order valence-corrected chi connectivity index (χ3v) is 5.52. The van der Waals surface area contributed by atoms with Crippen LogP contribution >= 0.6 is 34.7 Å². The first kappa shape index (κ1) is 17.8. The largest absolute Gasteiger partial charge is 0.341 e. The minimum absolute atomic E-state index is 0.00139. The van der Waals surface area contributed by atoms with E-state index >= 15 is 0 Å². The average Bonchev–Trinajstić information content (AvgIpc) is 3.23. The fraction of sp³-hybridized carbons (Fsp3) is 0.188. The van der Waals surface area contributed by atoms with Crippen LogP contribution in [0.3, 0.4) is 0 Å². The quantitative estimate of drug-likeness (QED) is 0.514. The summed E-state index contributed by atoms with van der Waals surface area (Å²) in [5.41, 5.74) is 1.82. The first-order valence-electron chi connectivity index (χ1n) is 7.39. The van der Waals surface area contributed by atoms with Crippen LogP contribution in [0.15, 0.2) is 46.2 Å². The molecule has 0 radical (unpaired) electrons. The zero-order valence-corrected chi connectivity index (χ0v) is 15.8. The number of hydrogen-bond acceptors (Lipinski definition) is 6. The van der Waals surface area contributed by atoms with Crippen molar-refractivity contribution in [3.05, 3.63) is 51.7 Å². The molecule has 9 heteroatoms. The molecule has 0 bridgehead atoms. The van der Waals surface area contributed by atoms with Gasteiger partial charge >= 0.3 is 0 Å². The van der Waals surface area contributed by atoms with E-state index in [1.54, 1.807) is 29.4 Å². The molecule has 0 aliphatic rings. The van der Waals surface area contributed by atoms with Crippen LogP contribution in [0.25, 0.3) is 11.4 Å². The second-order valence-corrected chi connectivity index (χ2v) is 7.46. The molecule has 3 rings (SSSR count). The Kier molecular flexibility index (Phi) is 5.62. The highest BCUT2D eigenvalue weighted by atomic mass is 35.5. The maximum Gasteiger partial charge on any atom is 0.233 e. The smallest absolute Gasteiger partial charge is 0.233 e. The number of hydrogen-bond donors (Lipinski definition) is 1. The second-order valence-electron chi connectivity index (χ2n) is 5.33. The van der Waals surface area contributed by atoms with Crippen molar-refractivity contribution >= 4 is 40.6 Å². The summed E-state index contributed by atoms with van der Waals surface area (Å²) in [6.07, 6.45) is 0. The Morgan fingerprint density at radius 2 is 2.16 bits per heavy atom. The lowest BCUT2D eigenvalue weighted by atomic mass is 10.2. The summed E-state index contributed by atoms with van der Waals surface area (Å²) >= 11 is 9.04. The van der Waals surface area contributed by atoms with Crippen molar-refractivity contribution in [1.29, 1.82) is 0 Å². The normalized spacial score (nSPS) is 10.8. The van der Waals surface area contributed by atoms with E-state index in [2.05, 4.69) is 10.2 Å². The van der Waals surface area contributed by atoms with Gasteiger partial charge in [0, 0.05) is 19.2 Å². The lowest BCUT2D eigenvalue weighted by molar-refractivity contribution is -0.127. The number of nitrogens with zero attached hydrogens (tertiary/aromatic N) is 4. The van der Waals surface area contributed by atoms with Crippen LogP contribution in [-0.4, -0.2) is 38.5 Å². The predicted octanol–water partition coefficient (Wildman–Crippen LogP) is 3.12. The predicted molar refractivity (Wildman–Crippen MR) is 102 cm³/mol. The summed E-state index contributed by atoms with van der Waals surface area (Å²) in [4.78, 5) is 14.0. The van der Waals surface area contributed by atoms with Gasteiger partial charge in [-0.25, -0.2) is 4.68 Å². The molecule has 2 N–H and O–H groups in total. The van der Waals surface area contributed by atoms with Gasteiger partial charge in [-0.2, -0.15) is 11.3 Å². The maximum absolute atomic E-state index is 12.3. The molecule has 0 spiro atoms. The second kappa shape index (κ2) is 7.90. The van der Waals surface area contributed by atoms with Crippen LogP contribution in [-0.2, 0) is 11.3 Å². The number of carbonyl (C=O) groups excluding carboxylic acids is 1. The summed E-state index contributed by atoms with van der Waals surface area (Å²) < 4.78 is 1.36. The van der Waals surface area contributed by atoms with Crippen LogP contribution < -0.4 is 5.84 Å². The van der Waals surface area contributed by atoms with E-state index in [0.29, 0.717) is 28.1 Å². The fourth-order valence-corrected chi connectivity index (χ4v) is 3.86. The van der Waals surface area contributed by atoms with Crippen molar-refractivity contribution in [1.82, 2.24) is 19.8 Å². The molecule has 0 fully saturated rings. The molecule has 1 aromatic carbocycles. The molecule has 2 heterocycles. The van der Waals surface area contributed by atoms with E-state index in [1.807, 2.05) is 35.0 Å². The zero-order valence-electron chi connectivity index (χ0n) is 13.4. The summed E-state index contributed by atoms with van der Waals surface area (Å²) in [5, 5.41) is 13.2. The Labute approximate surface area is 158 Å². The monoisotopic (exact) mass is 393 g/mol. The molecule has 3 aromatic rings. The van der Waals surface area contributed by atoms with Gasteiger partial charge in [0.25, 0.3) is 0 Å². The molecule has 0 aliphatic carbocycles. The van der Waals surface area contributed by atoms with Crippen molar-refractivity contribution in [2.45, 2.75) is 11.7 Å². The van der Waals surface area contributed by atoms with Gasteiger partial charge in [-0.15, -0.1) is 10.2 Å². The number of thioether (sulfide) groups is 1. The van der Waals surface area contributed by atoms with Crippen LogP contribution in [0, 0.1) is 0 Å². The number of amides is 1. The summed E-state index contributed by atoms with van der Waals surface area (Å²) in [5.74, 6) is 6.76. The lowest BCUT2D eigenvalue weighted by Crippen LogP contribution is -2.27. The first-order valence-corrected chi connectivity index (χ1v) is 9.70. The minimum Gasteiger partial charge on any atom is -0.341 e. The van der Waals surface area contributed by atoms with E-state index in [-0.39, 0.29) is 11.7 Å². The van der Waals surface area contributed by atoms with E-state index < -0.39 is 0 Å². The Balaban J connectivity index is 1.64. The molecule has 1 amide bonds. The van der Waals surface area contributed by atoms with E-state index in [9.17, 15) is 4.79 Å². The molecule has 0 saturated carbocycles. The van der Waals surface area contributed by atoms with Crippen LogP contribution in [0.2, 0.25) is 5.02 Å². The van der Waals surface area contributed by atoms with Gasteiger partial charge in [-0.1, -0.05) is 35.5 Å². The highest BCUT2D eigenvalue weighted by Crippen LogP contribution is 2.27. The summed E-state index contributed by atoms with van der Waals surface area (Å²) in [6, 6.07) is 9.28. The number of halogens is 1. The van der Waals surface area contributed by atoms with Crippen molar-refractivity contribution < 1.29 is 4.79 Å². The van der Waals surface area contributed by atoms with Crippen LogP contribution in [0.1, 0.15) is 5.56 Å². The van der Waals surface area contributed by atoms with Crippen molar-refractivity contribution in [3.8, 4) is 11.4 Å². The van der Waals surface area contributed by atoms with Gasteiger partial charge in [0.15, 0.2) is 5.82 Å². The van der Waals surface area contributed by atoms with E-state index in [0.717, 1.165) is 5.56 Å². The molecule has 130 valence electrons. The van der Waals surface area contributed by atoms with Gasteiger partial charge in [0.1, 0.15) is 0 Å². The summed E-state index contributed by atoms with van der Waals surface area (Å²) in [7, 11) is 1.78. The number of nitrogens with two attached hydrogens (primary N) is 1. The number of rotatable bonds is 6. The molecule has 0 aliphatic heterocycles. The molecule has 0 atom stereocenters. The third kappa shape index (κ3) is 4.15. The molecule has 0 saturated heterocycles. The lowest BCUT2D eigenvalue weighted by Gasteiger charge is -2.15. The molecule has 6 nitrogen and oxygen atoms in total. The number of nitrogen functional groups attached to an aromatic ring is 1. The number of aromatic nitrogens is 3. The van der Waals surface area contributed by atoms with Gasteiger partial charge in [0.2, 0.25) is 11.1 Å². The standard InChI is InChI=1S/C16H16ClN5OS2/c1-21(8-11-6-7-24-9-11)14(23)10-25-16-20-19-15(22(16)18)12-4-2-3-5-13(12)17/h2-7,9H,8,10,18H2,1H3. The first-order chi connectivity index (χ1) is 12.1. The molecule has 0 unspecified atom stereocenters. The van der Waals surface area contributed by atoms with Crippen LogP contribution in [0.4, 0.5) is 0 Å². The SMILES string of the molecule is CN(Cc1ccsc1)C(=O)CSc1nnc(-c2ccccc2Cl)n1N. The van der Waals surface area contributed by atoms with E-state index in [1.165, 1.54) is 16.4 Å². The molecular formula is C16H16ClN5OS2. The fourth-order valence-electron chi connectivity index (χ4n) is 2.18. The van der Waals surface area contributed by atoms with Gasteiger partial charge in [-0.3, -0.25) is 4.79 Å². The van der Waals surface area contributed by atoms with Gasteiger partial charge in [0.05, 0.1) is 10.8 Å². The van der Waals surface area contributed by atoms with Crippen molar-refractivity contribution in [2.75, 3.05) is 18.6 Å². The van der Waals surface area contributed by atoms with Crippen LogP contribution in [0.5, 0.6) is 0 Å². The van der Waals surface area contributed by atoms with Crippen molar-refractivity contribution in [3.63, 3.8) is 0 Å².